The minimum atomic E-state index is -0.609. The summed E-state index contributed by atoms with van der Waals surface area (Å²) in [6.45, 7) is 18.3. The maximum atomic E-state index is 13.7. The molecular formula is C41H60ClNO4. The van der Waals surface area contributed by atoms with Crippen LogP contribution < -0.4 is 4.90 Å². The Labute approximate surface area is 290 Å². The van der Waals surface area contributed by atoms with Gasteiger partial charge < -0.3 is 14.4 Å². The van der Waals surface area contributed by atoms with Gasteiger partial charge in [0.1, 0.15) is 18.7 Å². The van der Waals surface area contributed by atoms with Gasteiger partial charge in [-0.2, -0.15) is 0 Å². The van der Waals surface area contributed by atoms with Crippen LogP contribution in [0.3, 0.4) is 0 Å². The summed E-state index contributed by atoms with van der Waals surface area (Å²) in [7, 11) is 1.36. The lowest BCUT2D eigenvalue weighted by molar-refractivity contribution is -0.152. The quantitative estimate of drug-likeness (QED) is 0.155. The number of anilines is 1. The monoisotopic (exact) mass is 665 g/mol. The Bertz CT molecular complexity index is 1280. The summed E-state index contributed by atoms with van der Waals surface area (Å²) in [5.41, 5.74) is 4.03. The maximum absolute atomic E-state index is 13.7. The lowest BCUT2D eigenvalue weighted by Gasteiger charge is -2.44. The first kappa shape index (κ1) is 37.3. The highest BCUT2D eigenvalue weighted by Crippen LogP contribution is 2.59. The van der Waals surface area contributed by atoms with E-state index in [2.05, 4.69) is 59.4 Å². The predicted octanol–water partition coefficient (Wildman–Crippen LogP) is 10.4. The van der Waals surface area contributed by atoms with Gasteiger partial charge >= 0.3 is 11.9 Å². The van der Waals surface area contributed by atoms with Gasteiger partial charge in [-0.05, 0) is 129 Å². The van der Waals surface area contributed by atoms with Crippen LogP contribution >= 0.6 is 11.6 Å². The Morgan fingerprint density at radius 3 is 2.47 bits per heavy atom. The van der Waals surface area contributed by atoms with Crippen LogP contribution in [0.5, 0.6) is 0 Å². The summed E-state index contributed by atoms with van der Waals surface area (Å²) in [5.74, 6) is 2.90. The molecule has 0 amide bonds. The van der Waals surface area contributed by atoms with Crippen LogP contribution in [0.4, 0.5) is 5.69 Å². The molecule has 47 heavy (non-hydrogen) atoms. The van der Waals surface area contributed by atoms with Crippen molar-refractivity contribution in [3.63, 3.8) is 0 Å². The predicted molar refractivity (Wildman–Crippen MR) is 194 cm³/mol. The standard InChI is InChI=1S/C41H60ClNO4/c1-9-38(43(26-39(44)46-8)34-19-17-33(42)18-20-34)40(45)47-35-21-14-29(5)32(25-35)16-15-31-11-10-24-41(7)36(22-23-37(31)41)30(6)13-12-28(4)27(2)3/h12-13,15,17-20,27-28,30,32,35-38H,5,9-11,14,16,21-26H2,1-4,6-8H3/b13-12+,31-15+/t28-,30-,32?,35+,36-,37+,38-,41-/m1/s1. The minimum absolute atomic E-state index is 0.0452. The van der Waals surface area contributed by atoms with Gasteiger partial charge in [-0.25, -0.2) is 4.79 Å². The van der Waals surface area contributed by atoms with Gasteiger partial charge in [0.05, 0.1) is 7.11 Å². The number of hydrogen-bond donors (Lipinski definition) is 0. The number of fused-ring (bicyclic) bond motifs is 1. The van der Waals surface area contributed by atoms with E-state index in [1.54, 1.807) is 22.6 Å². The molecule has 5 nitrogen and oxygen atoms in total. The Morgan fingerprint density at radius 1 is 1.09 bits per heavy atom. The van der Waals surface area contributed by atoms with Crippen LogP contribution in [-0.4, -0.2) is 37.7 Å². The van der Waals surface area contributed by atoms with E-state index in [-0.39, 0.29) is 18.6 Å². The van der Waals surface area contributed by atoms with Crippen molar-refractivity contribution in [2.24, 2.45) is 40.9 Å². The van der Waals surface area contributed by atoms with Gasteiger partial charge in [0.15, 0.2) is 0 Å². The number of hydrogen-bond acceptors (Lipinski definition) is 5. The Hall–Kier alpha value is -2.53. The Morgan fingerprint density at radius 2 is 1.81 bits per heavy atom. The summed E-state index contributed by atoms with van der Waals surface area (Å²) >= 11 is 6.12. The van der Waals surface area contributed by atoms with Gasteiger partial charge in [0, 0.05) is 10.7 Å². The van der Waals surface area contributed by atoms with E-state index in [0.29, 0.717) is 46.4 Å². The molecule has 0 radical (unpaired) electrons. The normalized spacial score (nSPS) is 29.0. The van der Waals surface area contributed by atoms with E-state index in [0.717, 1.165) is 37.3 Å². The smallest absolute Gasteiger partial charge is 0.329 e. The van der Waals surface area contributed by atoms with Gasteiger partial charge in [0.25, 0.3) is 0 Å². The Balaban J connectivity index is 1.41. The van der Waals surface area contributed by atoms with Crippen molar-refractivity contribution in [1.29, 1.82) is 0 Å². The van der Waals surface area contributed by atoms with Crippen molar-refractivity contribution in [3.05, 3.63) is 65.2 Å². The summed E-state index contributed by atoms with van der Waals surface area (Å²) < 4.78 is 11.2. The SMILES string of the molecule is C=C1CC[C@H](OC(=O)[C@@H](CC)N(CC(=O)OC)c2ccc(Cl)cc2)CC1C/C=C1\CCC[C@]2(C)[C@@H]([C@H](C)/C=C/[C@@H](C)C(C)C)CC[C@@H]12. The van der Waals surface area contributed by atoms with Crippen LogP contribution in [0, 0.1) is 40.9 Å². The van der Waals surface area contributed by atoms with Crippen molar-refractivity contribution in [2.75, 3.05) is 18.6 Å². The molecule has 0 aromatic heterocycles. The third-order valence-corrected chi connectivity index (χ3v) is 12.3. The summed E-state index contributed by atoms with van der Waals surface area (Å²) in [6, 6.07) is 6.56. The minimum Gasteiger partial charge on any atom is -0.468 e. The number of nitrogens with zero attached hydrogens (tertiary/aromatic N) is 1. The first-order valence-electron chi connectivity index (χ1n) is 18.2. The average molecular weight is 666 g/mol. The van der Waals surface area contributed by atoms with E-state index >= 15 is 0 Å². The summed E-state index contributed by atoms with van der Waals surface area (Å²) in [6.07, 6.45) is 17.7. The first-order chi connectivity index (χ1) is 22.4. The molecule has 0 bridgehead atoms. The second-order valence-corrected chi connectivity index (χ2v) is 15.7. The zero-order valence-corrected chi connectivity index (χ0v) is 30.9. The number of carbonyl (C=O) groups is 2. The fourth-order valence-corrected chi connectivity index (χ4v) is 8.81. The second kappa shape index (κ2) is 16.7. The molecule has 4 rings (SSSR count). The lowest BCUT2D eigenvalue weighted by Crippen LogP contribution is -2.46. The molecular weight excluding hydrogens is 606 g/mol. The highest BCUT2D eigenvalue weighted by atomic mass is 35.5. The molecule has 1 unspecified atom stereocenters. The molecule has 3 saturated carbocycles. The van der Waals surface area contributed by atoms with Crippen molar-refractivity contribution < 1.29 is 19.1 Å². The first-order valence-corrected chi connectivity index (χ1v) is 18.6. The molecule has 3 aliphatic rings. The number of benzene rings is 1. The van der Waals surface area contributed by atoms with Crippen molar-refractivity contribution >= 4 is 29.2 Å². The second-order valence-electron chi connectivity index (χ2n) is 15.3. The van der Waals surface area contributed by atoms with Crippen molar-refractivity contribution in [3.8, 4) is 0 Å². The van der Waals surface area contributed by atoms with E-state index < -0.39 is 12.0 Å². The molecule has 8 atom stereocenters. The van der Waals surface area contributed by atoms with E-state index in [1.165, 1.54) is 44.8 Å². The third-order valence-electron chi connectivity index (χ3n) is 12.0. The van der Waals surface area contributed by atoms with Gasteiger partial charge in [-0.1, -0.05) is 89.1 Å². The molecule has 0 spiro atoms. The van der Waals surface area contributed by atoms with E-state index in [4.69, 9.17) is 21.1 Å². The number of carbonyl (C=O) groups excluding carboxylic acids is 2. The molecule has 1 aromatic carbocycles. The fourth-order valence-electron chi connectivity index (χ4n) is 8.69. The molecule has 260 valence electrons. The molecule has 1 aromatic rings. The third kappa shape index (κ3) is 9.13. The molecule has 3 fully saturated rings. The van der Waals surface area contributed by atoms with Crippen LogP contribution in [0.25, 0.3) is 0 Å². The zero-order valence-electron chi connectivity index (χ0n) is 30.1. The highest BCUT2D eigenvalue weighted by Gasteiger charge is 2.50. The number of methoxy groups -OCH3 is 1. The van der Waals surface area contributed by atoms with Gasteiger partial charge in [-0.15, -0.1) is 0 Å². The van der Waals surface area contributed by atoms with Crippen LogP contribution in [-0.2, 0) is 19.1 Å². The van der Waals surface area contributed by atoms with Crippen molar-refractivity contribution in [1.82, 2.24) is 0 Å². The number of halogens is 1. The number of rotatable bonds is 13. The Kier molecular flexibility index (Phi) is 13.3. The molecule has 6 heteroatoms. The largest absolute Gasteiger partial charge is 0.468 e. The zero-order chi connectivity index (χ0) is 34.3. The summed E-state index contributed by atoms with van der Waals surface area (Å²) in [5, 5.41) is 0.593. The topological polar surface area (TPSA) is 55.8 Å². The molecule has 0 aliphatic heterocycles. The number of ether oxygens (including phenoxy) is 2. The average Bonchev–Trinajstić information content (AvgIpc) is 3.41. The van der Waals surface area contributed by atoms with Gasteiger partial charge in [-0.3, -0.25) is 4.79 Å². The molecule has 3 aliphatic carbocycles. The van der Waals surface area contributed by atoms with Crippen LogP contribution in [0.15, 0.2) is 60.2 Å². The number of esters is 2. The van der Waals surface area contributed by atoms with E-state index in [9.17, 15) is 9.59 Å². The molecule has 0 N–H and O–H groups in total. The summed E-state index contributed by atoms with van der Waals surface area (Å²) in [4.78, 5) is 27.8. The lowest BCUT2D eigenvalue weighted by atomic mass is 9.61. The molecule has 0 heterocycles. The van der Waals surface area contributed by atoms with E-state index in [1.807, 2.05) is 19.1 Å². The fraction of sp³-hybridized carbons (Fsp3) is 0.659. The van der Waals surface area contributed by atoms with Gasteiger partial charge in [0.2, 0.25) is 0 Å². The number of allylic oxidation sites excluding steroid dienone is 5. The van der Waals surface area contributed by atoms with Crippen molar-refractivity contribution in [2.45, 2.75) is 118 Å². The van der Waals surface area contributed by atoms with Crippen LogP contribution in [0.1, 0.15) is 106 Å². The molecule has 0 saturated heterocycles. The maximum Gasteiger partial charge on any atom is 0.329 e. The highest BCUT2D eigenvalue weighted by molar-refractivity contribution is 6.30. The van der Waals surface area contributed by atoms with Crippen LogP contribution in [0.2, 0.25) is 5.02 Å².